The molecule has 1 heterocycles. The van der Waals surface area contributed by atoms with Crippen molar-refractivity contribution < 1.29 is 18.4 Å². The quantitative estimate of drug-likeness (QED) is 0.119. The molecule has 0 aliphatic carbocycles. The summed E-state index contributed by atoms with van der Waals surface area (Å²) in [6.07, 6.45) is 8.70. The number of aldehydes is 1. The Bertz CT molecular complexity index is 1070. The zero-order valence-electron chi connectivity index (χ0n) is 30.2. The molecule has 3 rings (SSSR count). The third kappa shape index (κ3) is 8.87. The maximum Gasteiger partial charge on any atom is 0.261 e. The van der Waals surface area contributed by atoms with Crippen molar-refractivity contribution in [3.63, 3.8) is 0 Å². The van der Waals surface area contributed by atoms with E-state index in [9.17, 15) is 4.79 Å². The smallest absolute Gasteiger partial charge is 0.261 e. The first kappa shape index (κ1) is 37.9. The molecule has 0 saturated carbocycles. The molecule has 0 spiro atoms. The molecule has 45 heavy (non-hydrogen) atoms. The van der Waals surface area contributed by atoms with Gasteiger partial charge in [0.05, 0.1) is 18.3 Å². The molecule has 1 saturated heterocycles. The molecule has 252 valence electrons. The average molecular weight is 653 g/mol. The largest absolute Gasteiger partial charge is 0.413 e. The van der Waals surface area contributed by atoms with Crippen LogP contribution in [0.5, 0.6) is 0 Å². The summed E-state index contributed by atoms with van der Waals surface area (Å²) in [5.41, 5.74) is 1.52. The normalized spacial score (nSPS) is 19.4. The fraction of sp³-hybridized carbons (Fsp3) is 0.667. The molecule has 1 aliphatic heterocycles. The first-order valence-corrected chi connectivity index (χ1v) is 21.9. The summed E-state index contributed by atoms with van der Waals surface area (Å²) in [5, 5.41) is 2.56. The van der Waals surface area contributed by atoms with Gasteiger partial charge in [-0.05, 0) is 64.1 Å². The molecular formula is C39H64O4Si2. The molecular weight excluding hydrogens is 589 g/mol. The van der Waals surface area contributed by atoms with Gasteiger partial charge in [-0.3, -0.25) is 0 Å². The molecule has 0 N–H and O–H groups in total. The maximum atomic E-state index is 11.5. The Balaban J connectivity index is 1.93. The number of rotatable bonds is 18. The van der Waals surface area contributed by atoms with Gasteiger partial charge in [0.1, 0.15) is 6.29 Å². The predicted octanol–water partition coefficient (Wildman–Crippen LogP) is 9.60. The van der Waals surface area contributed by atoms with Crippen molar-refractivity contribution in [2.75, 3.05) is 0 Å². The van der Waals surface area contributed by atoms with Crippen LogP contribution in [0.2, 0.25) is 21.7 Å². The van der Waals surface area contributed by atoms with Crippen LogP contribution in [0, 0.1) is 0 Å². The van der Waals surface area contributed by atoms with Gasteiger partial charge < -0.3 is 18.4 Å². The predicted molar refractivity (Wildman–Crippen MR) is 196 cm³/mol. The molecule has 1 fully saturated rings. The first-order valence-electron chi connectivity index (χ1n) is 17.9. The van der Waals surface area contributed by atoms with Crippen LogP contribution >= 0.6 is 0 Å². The summed E-state index contributed by atoms with van der Waals surface area (Å²) in [7, 11) is -4.80. The zero-order valence-corrected chi connectivity index (χ0v) is 32.2. The van der Waals surface area contributed by atoms with Crippen molar-refractivity contribution in [2.24, 2.45) is 0 Å². The minimum absolute atomic E-state index is 0.0195. The highest BCUT2D eigenvalue weighted by Gasteiger charge is 2.53. The summed E-state index contributed by atoms with van der Waals surface area (Å²) in [5.74, 6) is 0. The van der Waals surface area contributed by atoms with E-state index in [2.05, 4.69) is 130 Å². The van der Waals surface area contributed by atoms with E-state index in [1.807, 2.05) is 0 Å². The highest BCUT2D eigenvalue weighted by Crippen LogP contribution is 2.45. The first-order chi connectivity index (χ1) is 21.3. The highest BCUT2D eigenvalue weighted by molar-refractivity contribution is 6.99. The number of carbonyl (C=O) groups is 1. The number of unbranched alkanes of at least 4 members (excludes halogenated alkanes) is 1. The third-order valence-corrected chi connectivity index (χ3v) is 21.6. The van der Waals surface area contributed by atoms with Gasteiger partial charge in [0.15, 0.2) is 0 Å². The lowest BCUT2D eigenvalue weighted by Gasteiger charge is -2.46. The Hall–Kier alpha value is -1.58. The van der Waals surface area contributed by atoms with Crippen molar-refractivity contribution in [2.45, 2.75) is 167 Å². The van der Waals surface area contributed by atoms with Crippen LogP contribution in [0.3, 0.4) is 0 Å². The van der Waals surface area contributed by atoms with Gasteiger partial charge in [-0.1, -0.05) is 143 Å². The van der Waals surface area contributed by atoms with Crippen LogP contribution in [0.25, 0.3) is 0 Å². The average Bonchev–Trinajstić information content (AvgIpc) is 3.46. The molecule has 6 heteroatoms. The van der Waals surface area contributed by atoms with Gasteiger partial charge in [0, 0.05) is 12.5 Å². The molecule has 4 atom stereocenters. The number of hydrogen-bond donors (Lipinski definition) is 0. The SMILES string of the molecule is CCCC[C@@H](O[Si](c1ccccc1)(c1ccccc1)C(C)(C)C)[C@H]1CC[C@H](C[C@@H](CCC=O)O[Si](C(C)C)(C(C)C)C(C)C)O1. The van der Waals surface area contributed by atoms with Crippen LogP contribution in [-0.2, 0) is 18.4 Å². The number of carbonyl (C=O) groups excluding carboxylic acids is 1. The summed E-state index contributed by atoms with van der Waals surface area (Å²) >= 11 is 0. The van der Waals surface area contributed by atoms with E-state index >= 15 is 0 Å². The van der Waals surface area contributed by atoms with Crippen LogP contribution < -0.4 is 10.4 Å². The number of benzene rings is 2. The van der Waals surface area contributed by atoms with Gasteiger partial charge in [0.2, 0.25) is 8.32 Å². The lowest BCUT2D eigenvalue weighted by atomic mass is 10.0. The van der Waals surface area contributed by atoms with E-state index in [0.29, 0.717) is 23.0 Å². The third-order valence-electron chi connectivity index (χ3n) is 10.4. The second kappa shape index (κ2) is 17.0. The van der Waals surface area contributed by atoms with Crippen LogP contribution in [0.15, 0.2) is 60.7 Å². The van der Waals surface area contributed by atoms with E-state index < -0.39 is 16.6 Å². The molecule has 2 aromatic rings. The fourth-order valence-corrected chi connectivity index (χ4v) is 18.6. The summed E-state index contributed by atoms with van der Waals surface area (Å²) in [6.45, 7) is 23.4. The molecule has 0 bridgehead atoms. The van der Waals surface area contributed by atoms with E-state index in [1.54, 1.807) is 0 Å². The Kier molecular flexibility index (Phi) is 14.3. The van der Waals surface area contributed by atoms with Gasteiger partial charge in [-0.25, -0.2) is 0 Å². The lowest BCUT2D eigenvalue weighted by Crippen LogP contribution is -2.68. The number of hydrogen-bond acceptors (Lipinski definition) is 4. The van der Waals surface area contributed by atoms with Crippen molar-refractivity contribution >= 4 is 33.3 Å². The summed E-state index contributed by atoms with van der Waals surface area (Å²) < 4.78 is 22.0. The Morgan fingerprint density at radius 2 is 1.36 bits per heavy atom. The molecule has 2 aromatic carbocycles. The van der Waals surface area contributed by atoms with Crippen molar-refractivity contribution in [1.82, 2.24) is 0 Å². The van der Waals surface area contributed by atoms with Gasteiger partial charge in [-0.2, -0.15) is 0 Å². The molecule has 0 unspecified atom stereocenters. The maximum absolute atomic E-state index is 11.5. The van der Waals surface area contributed by atoms with E-state index in [0.717, 1.165) is 51.2 Å². The van der Waals surface area contributed by atoms with Gasteiger partial charge >= 0.3 is 0 Å². The molecule has 0 aromatic heterocycles. The molecule has 0 amide bonds. The van der Waals surface area contributed by atoms with E-state index in [1.165, 1.54) is 10.4 Å². The Labute approximate surface area is 278 Å². The number of ether oxygens (including phenoxy) is 1. The van der Waals surface area contributed by atoms with Crippen LogP contribution in [0.1, 0.15) is 121 Å². The van der Waals surface area contributed by atoms with Crippen LogP contribution in [0.4, 0.5) is 0 Å². The Morgan fingerprint density at radius 3 is 1.80 bits per heavy atom. The second-order valence-electron chi connectivity index (χ2n) is 15.4. The van der Waals surface area contributed by atoms with Gasteiger partial charge in [0.25, 0.3) is 8.32 Å². The van der Waals surface area contributed by atoms with Crippen molar-refractivity contribution in [3.8, 4) is 0 Å². The molecule has 0 radical (unpaired) electrons. The van der Waals surface area contributed by atoms with Crippen LogP contribution in [-0.4, -0.2) is 47.3 Å². The lowest BCUT2D eigenvalue weighted by molar-refractivity contribution is -0.108. The minimum atomic E-state index is -2.71. The second-order valence-corrected chi connectivity index (χ2v) is 25.0. The van der Waals surface area contributed by atoms with Crippen molar-refractivity contribution in [1.29, 1.82) is 0 Å². The summed E-state index contributed by atoms with van der Waals surface area (Å²) in [6, 6.07) is 22.0. The topological polar surface area (TPSA) is 44.8 Å². The van der Waals surface area contributed by atoms with Gasteiger partial charge in [-0.15, -0.1) is 0 Å². The highest BCUT2D eigenvalue weighted by atomic mass is 28.4. The minimum Gasteiger partial charge on any atom is -0.413 e. The van der Waals surface area contributed by atoms with E-state index in [4.69, 9.17) is 13.6 Å². The monoisotopic (exact) mass is 652 g/mol. The molecule has 4 nitrogen and oxygen atoms in total. The molecule has 1 aliphatic rings. The summed E-state index contributed by atoms with van der Waals surface area (Å²) in [4.78, 5) is 11.5. The Morgan fingerprint density at radius 1 is 0.822 bits per heavy atom. The van der Waals surface area contributed by atoms with Crippen molar-refractivity contribution in [3.05, 3.63) is 60.7 Å². The van der Waals surface area contributed by atoms with E-state index in [-0.39, 0.29) is 29.5 Å². The zero-order chi connectivity index (χ0) is 33.3. The standard InChI is InChI=1S/C39H64O4Si2/c1-11-12-25-38(43-45(39(8,9)10,35-21-15-13-16-22-35)36-23-17-14-18-24-36)37-27-26-33(41-37)29-34(20-19-28-40)42-44(30(2)3,31(4)5)32(6)7/h13-18,21-24,28,30-34,37-38H,11-12,19-20,25-27,29H2,1-10H3/t33-,34-,37-,38-/m1/s1. The fourth-order valence-electron chi connectivity index (χ4n) is 8.29.